The van der Waals surface area contributed by atoms with Crippen molar-refractivity contribution in [2.24, 2.45) is 5.41 Å². The number of fused-ring (bicyclic) bond motifs is 1. The van der Waals surface area contributed by atoms with Crippen molar-refractivity contribution < 1.29 is 80.5 Å². The molecule has 3 heterocycles. The summed E-state index contributed by atoms with van der Waals surface area (Å²) in [6, 6.07) is 0. The molecule has 0 aromatic carbocycles. The molecule has 0 saturated carbocycles. The lowest BCUT2D eigenvalue weighted by Gasteiger charge is -2.35. The van der Waals surface area contributed by atoms with Crippen LogP contribution in [0.25, 0.3) is 11.2 Å². The summed E-state index contributed by atoms with van der Waals surface area (Å²) in [6.07, 6.45) is 7.60. The van der Waals surface area contributed by atoms with Gasteiger partial charge in [-0.15, -0.1) is 0 Å². The molecule has 67 heavy (non-hydrogen) atoms. The number of aromatic nitrogens is 4. The molecule has 3 unspecified atom stereocenters. The Balaban J connectivity index is 0.0000145. The number of hydrogen-bond donors (Lipinski definition) is 9. The van der Waals surface area contributed by atoms with Crippen LogP contribution in [-0.2, 0) is 50.7 Å². The van der Waals surface area contributed by atoms with Gasteiger partial charge >= 0.3 is 0 Å². The van der Waals surface area contributed by atoms with Gasteiger partial charge in [-0.05, 0) is 6.42 Å². The summed E-state index contributed by atoms with van der Waals surface area (Å²) in [7, 11) is -17.3. The number of aliphatic hydroxyl groups is 2. The highest BCUT2D eigenvalue weighted by molar-refractivity contribution is 8.13. The Bertz CT molecular complexity index is 1950. The van der Waals surface area contributed by atoms with Gasteiger partial charge < -0.3 is 82.9 Å². The van der Waals surface area contributed by atoms with Gasteiger partial charge in [-0.2, -0.15) is 0 Å². The van der Waals surface area contributed by atoms with Crippen LogP contribution in [0.5, 0.6) is 0 Å². The summed E-state index contributed by atoms with van der Waals surface area (Å²) in [5, 5.41) is 26.5. The first-order chi connectivity index (χ1) is 30.1. The fourth-order valence-corrected chi connectivity index (χ4v) is 9.93. The number of rotatable bonds is 32. The molecule has 19 N–H and O–H groups in total. The maximum absolute atomic E-state index is 12.6. The number of nitrogens with two attached hydrogens (primary N) is 1. The molecule has 0 bridgehead atoms. The van der Waals surface area contributed by atoms with Crippen molar-refractivity contribution in [2.75, 3.05) is 37.8 Å². The molecular formula is C36H73N10O17P3S. The monoisotopic (exact) mass is 1040 g/mol. The van der Waals surface area contributed by atoms with Gasteiger partial charge in [0, 0.05) is 37.1 Å². The van der Waals surface area contributed by atoms with Crippen molar-refractivity contribution >= 4 is 69.1 Å². The molecule has 0 spiro atoms. The number of aliphatic hydroxyl groups excluding tert-OH is 2. The van der Waals surface area contributed by atoms with Crippen LogP contribution in [0.4, 0.5) is 5.82 Å². The number of phosphoric ester groups is 3. The molecule has 0 aliphatic carbocycles. The molecule has 8 atom stereocenters. The van der Waals surface area contributed by atoms with E-state index in [9.17, 15) is 57.9 Å². The molecule has 1 aliphatic heterocycles. The SMILES string of the molecule is CCCCCCCCCCCCCCC(=O)SCCNC(=O)CCNC(=O)[C@H](O)C(C)(C)COP(=O)([O-])OP(=O)([O-])OC[C@H]1O[C@@H](n2cnc3c(N)ncnc32)[C@H](O)[C@@H]1OP(=O)([O-])O.[NH4+].[NH4+].[NH4+]. The van der Waals surface area contributed by atoms with Gasteiger partial charge in [-0.25, -0.2) is 19.3 Å². The fraction of sp³-hybridized carbons (Fsp3) is 0.778. The molecular weight excluding hydrogens is 969 g/mol. The first kappa shape index (κ1) is 64.4. The van der Waals surface area contributed by atoms with Gasteiger partial charge in [0.25, 0.3) is 23.5 Å². The standard InChI is InChI=1S/C36H64N7O17P3S.3H3N/c1-4-5-6-7-8-9-10-11-12-13-14-15-16-27(45)64-20-19-38-26(44)17-18-39-34(48)31(47)36(2,3)22-57-63(54,55)60-62(52,53)56-21-25-30(59-61(49,50)51)29(46)35(58-25)43-24-42-28-32(37)40-23-41-33(28)43;;;/h23-25,29-31,35,46-47H,4-22H2,1-3H3,(H,38,44)(H,39,48)(H,52,53)(H,54,55)(H2,37,40,41)(H2,49,50,51);3*1H3/t25-,29-,30-,31+,35-;;;/m1.../s1. The van der Waals surface area contributed by atoms with E-state index in [1.165, 1.54) is 71.6 Å². The number of carbonyl (C=O) groups excluding carboxylic acids is 3. The Labute approximate surface area is 394 Å². The highest BCUT2D eigenvalue weighted by Gasteiger charge is 2.48. The van der Waals surface area contributed by atoms with E-state index in [0.717, 1.165) is 48.2 Å². The number of hydrogen-bond acceptors (Lipinski definition) is 21. The van der Waals surface area contributed by atoms with Crippen LogP contribution >= 0.6 is 35.2 Å². The maximum Gasteiger partial charge on any atom is 0.274 e. The molecule has 27 nitrogen and oxygen atoms in total. The number of amides is 2. The van der Waals surface area contributed by atoms with Crippen LogP contribution in [0.1, 0.15) is 117 Å². The number of phosphoric acid groups is 3. The van der Waals surface area contributed by atoms with Crippen LogP contribution in [0.15, 0.2) is 12.7 Å². The highest BCUT2D eigenvalue weighted by Crippen LogP contribution is 2.56. The quantitative estimate of drug-likeness (QED) is 0.0375. The first-order valence-corrected chi connectivity index (χ1v) is 26.5. The largest absolute Gasteiger partial charge is 0.756 e. The van der Waals surface area contributed by atoms with E-state index in [-0.39, 0.29) is 60.1 Å². The number of nitrogens with one attached hydrogen (secondary N) is 2. The zero-order valence-electron chi connectivity index (χ0n) is 39.1. The van der Waals surface area contributed by atoms with Crippen LogP contribution in [-0.4, -0.2) is 108 Å². The second-order valence-electron chi connectivity index (χ2n) is 15.9. The van der Waals surface area contributed by atoms with Gasteiger partial charge in [0.2, 0.25) is 11.8 Å². The summed E-state index contributed by atoms with van der Waals surface area (Å²) in [6.45, 7) is 2.45. The number of unbranched alkanes of at least 4 members (excludes halogenated alkanes) is 11. The second kappa shape index (κ2) is 30.9. The van der Waals surface area contributed by atoms with Crippen LogP contribution < -0.4 is 49.5 Å². The number of nitrogens with zero attached hydrogens (tertiary/aromatic N) is 4. The van der Waals surface area contributed by atoms with E-state index in [0.29, 0.717) is 12.2 Å². The minimum atomic E-state index is -5.90. The molecule has 1 fully saturated rings. The van der Waals surface area contributed by atoms with Crippen molar-refractivity contribution in [2.45, 2.75) is 141 Å². The molecule has 0 radical (unpaired) electrons. The van der Waals surface area contributed by atoms with Gasteiger partial charge in [-0.3, -0.25) is 32.6 Å². The second-order valence-corrected chi connectivity index (χ2v) is 21.1. The first-order valence-electron chi connectivity index (χ1n) is 21.0. The lowest BCUT2D eigenvalue weighted by Crippen LogP contribution is -2.46. The molecule has 1 aliphatic rings. The third-order valence-electron chi connectivity index (χ3n) is 9.98. The van der Waals surface area contributed by atoms with Crippen molar-refractivity contribution in [1.82, 2.24) is 48.6 Å². The summed E-state index contributed by atoms with van der Waals surface area (Å²) in [5.41, 5.74) is 4.13. The van der Waals surface area contributed by atoms with E-state index in [2.05, 4.69) is 50.4 Å². The minimum Gasteiger partial charge on any atom is -0.756 e. The average Bonchev–Trinajstić information content (AvgIpc) is 3.78. The molecule has 2 amide bonds. The zero-order valence-corrected chi connectivity index (χ0v) is 42.6. The van der Waals surface area contributed by atoms with Gasteiger partial charge in [0.1, 0.15) is 36.3 Å². The Morgan fingerprint density at radius 1 is 0.896 bits per heavy atom. The van der Waals surface area contributed by atoms with Crippen LogP contribution in [0, 0.1) is 5.41 Å². The Hall–Kier alpha value is -2.56. The topological polar surface area (TPSA) is 482 Å². The van der Waals surface area contributed by atoms with Gasteiger partial charge in [0.05, 0.1) is 19.5 Å². The van der Waals surface area contributed by atoms with Crippen molar-refractivity contribution in [3.05, 3.63) is 12.7 Å². The highest BCUT2D eigenvalue weighted by atomic mass is 32.2. The summed E-state index contributed by atoms with van der Waals surface area (Å²) >= 11 is 1.14. The summed E-state index contributed by atoms with van der Waals surface area (Å²) < 4.78 is 61.1. The number of anilines is 1. The number of carbonyl (C=O) groups is 3. The van der Waals surface area contributed by atoms with Crippen LogP contribution in [0.2, 0.25) is 0 Å². The Kier molecular flexibility index (Phi) is 29.7. The van der Waals surface area contributed by atoms with Crippen molar-refractivity contribution in [3.63, 3.8) is 0 Å². The molecule has 2 aromatic rings. The molecule has 3 rings (SSSR count). The van der Waals surface area contributed by atoms with E-state index in [1.54, 1.807) is 0 Å². The molecule has 2 aromatic heterocycles. The number of ether oxygens (including phenoxy) is 1. The van der Waals surface area contributed by atoms with Crippen LogP contribution in [0.3, 0.4) is 0 Å². The third-order valence-corrected chi connectivity index (χ3v) is 13.9. The maximum atomic E-state index is 12.6. The van der Waals surface area contributed by atoms with E-state index in [4.69, 9.17) is 10.5 Å². The predicted octanol–water partition coefficient (Wildman–Crippen LogP) is 2.99. The zero-order chi connectivity index (χ0) is 47.6. The number of thioether (sulfide) groups is 1. The normalized spacial score (nSPS) is 20.3. The lowest BCUT2D eigenvalue weighted by atomic mass is 9.87. The van der Waals surface area contributed by atoms with Gasteiger partial charge in [-0.1, -0.05) is 103 Å². The smallest absolute Gasteiger partial charge is 0.274 e. The number of nitrogen functional groups attached to an aromatic ring is 1. The number of quaternary nitrogens is 3. The Morgan fingerprint density at radius 3 is 2.07 bits per heavy atom. The fourth-order valence-electron chi connectivity index (χ4n) is 6.46. The molecule has 31 heteroatoms. The predicted molar refractivity (Wildman–Crippen MR) is 244 cm³/mol. The lowest BCUT2D eigenvalue weighted by molar-refractivity contribution is -0.247. The summed E-state index contributed by atoms with van der Waals surface area (Å²) in [4.78, 5) is 94.7. The average molecular weight is 1040 g/mol. The van der Waals surface area contributed by atoms with Gasteiger partial charge in [0.15, 0.2) is 22.8 Å². The van der Waals surface area contributed by atoms with E-state index < -0.39 is 84.6 Å². The minimum absolute atomic E-state index is 0. The van der Waals surface area contributed by atoms with E-state index in [1.807, 2.05) is 0 Å². The number of imidazole rings is 1. The molecule has 1 saturated heterocycles. The summed E-state index contributed by atoms with van der Waals surface area (Å²) in [5.74, 6) is -1.11. The Morgan fingerprint density at radius 2 is 1.48 bits per heavy atom. The molecule has 390 valence electrons. The van der Waals surface area contributed by atoms with Crippen molar-refractivity contribution in [1.29, 1.82) is 0 Å². The van der Waals surface area contributed by atoms with Crippen molar-refractivity contribution in [3.8, 4) is 0 Å². The third kappa shape index (κ3) is 23.3. The van der Waals surface area contributed by atoms with E-state index >= 15 is 0 Å².